The molecule has 0 bridgehead atoms. The third kappa shape index (κ3) is 5.43. The number of nitrogen functional groups attached to an aromatic ring is 1. The number of benzene rings is 2. The van der Waals surface area contributed by atoms with Crippen LogP contribution in [-0.4, -0.2) is 53.8 Å². The molecule has 0 spiro atoms. The Bertz CT molecular complexity index is 1390. The zero-order chi connectivity index (χ0) is 26.1. The summed E-state index contributed by atoms with van der Waals surface area (Å²) in [6.07, 6.45) is 4.18. The first-order valence-electron chi connectivity index (χ1n) is 13.0. The molecule has 8 heteroatoms. The van der Waals surface area contributed by atoms with Gasteiger partial charge in [0.15, 0.2) is 0 Å². The molecule has 0 atom stereocenters. The fourth-order valence-electron chi connectivity index (χ4n) is 5.45. The fraction of sp³-hybridized carbons (Fsp3) is 0.414. The molecule has 0 aliphatic carbocycles. The van der Waals surface area contributed by atoms with Crippen LogP contribution < -0.4 is 10.6 Å². The standard InChI is InChI=1S/C29H35ClN6O/c1-18-26(19(2)37-34-18)23-8-9-25-27(24(23)17-21-6-5-7-22(30)16-21)28(31)33-29(32-25)36-14-11-20(12-15-36)10-13-35(3)4/h5-9,16,20H,10-15,17H2,1-4H3,(H2,31,32,33). The lowest BCUT2D eigenvalue weighted by molar-refractivity contribution is 0.312. The zero-order valence-electron chi connectivity index (χ0n) is 22.1. The first-order valence-corrected chi connectivity index (χ1v) is 13.3. The maximum absolute atomic E-state index is 6.71. The van der Waals surface area contributed by atoms with Gasteiger partial charge in [0.05, 0.1) is 11.2 Å². The molecular formula is C29H35ClN6O. The molecule has 37 heavy (non-hydrogen) atoms. The van der Waals surface area contributed by atoms with Crippen LogP contribution in [0.5, 0.6) is 0 Å². The van der Waals surface area contributed by atoms with Gasteiger partial charge in [0.25, 0.3) is 0 Å². The van der Waals surface area contributed by atoms with Crippen LogP contribution in [0.3, 0.4) is 0 Å². The minimum Gasteiger partial charge on any atom is -0.383 e. The molecule has 0 amide bonds. The van der Waals surface area contributed by atoms with Crippen molar-refractivity contribution in [3.05, 3.63) is 64.0 Å². The normalized spacial score (nSPS) is 14.7. The third-order valence-electron chi connectivity index (χ3n) is 7.44. The van der Waals surface area contributed by atoms with Crippen LogP contribution in [0.2, 0.25) is 5.02 Å². The van der Waals surface area contributed by atoms with E-state index in [2.05, 4.69) is 41.2 Å². The number of aryl methyl sites for hydroxylation is 2. The Labute approximate surface area is 223 Å². The lowest BCUT2D eigenvalue weighted by atomic mass is 9.91. The summed E-state index contributed by atoms with van der Waals surface area (Å²) in [6.45, 7) is 6.94. The van der Waals surface area contributed by atoms with Crippen LogP contribution in [0, 0.1) is 19.8 Å². The SMILES string of the molecule is Cc1noc(C)c1-c1ccc2nc(N3CCC(CCN(C)C)CC3)nc(N)c2c1Cc1cccc(Cl)c1. The molecule has 0 unspecified atom stereocenters. The van der Waals surface area contributed by atoms with Gasteiger partial charge in [-0.2, -0.15) is 4.98 Å². The number of aromatic nitrogens is 3. The molecule has 3 heterocycles. The Morgan fingerprint density at radius 1 is 1.11 bits per heavy atom. The molecular weight excluding hydrogens is 484 g/mol. The monoisotopic (exact) mass is 518 g/mol. The third-order valence-corrected chi connectivity index (χ3v) is 7.68. The van der Waals surface area contributed by atoms with E-state index in [1.54, 1.807) is 0 Å². The van der Waals surface area contributed by atoms with Crippen molar-refractivity contribution in [2.75, 3.05) is 44.4 Å². The van der Waals surface area contributed by atoms with Crippen LogP contribution in [-0.2, 0) is 6.42 Å². The van der Waals surface area contributed by atoms with E-state index in [0.717, 1.165) is 89.0 Å². The highest BCUT2D eigenvalue weighted by molar-refractivity contribution is 6.30. The van der Waals surface area contributed by atoms with Crippen LogP contribution >= 0.6 is 11.6 Å². The predicted octanol–water partition coefficient (Wildman–Crippen LogP) is 5.90. The van der Waals surface area contributed by atoms with Gasteiger partial charge in [-0.1, -0.05) is 35.0 Å². The van der Waals surface area contributed by atoms with Crippen LogP contribution in [0.15, 0.2) is 40.9 Å². The summed E-state index contributed by atoms with van der Waals surface area (Å²) >= 11 is 6.32. The molecule has 7 nitrogen and oxygen atoms in total. The highest BCUT2D eigenvalue weighted by Gasteiger charge is 2.24. The lowest BCUT2D eigenvalue weighted by Crippen LogP contribution is -2.35. The zero-order valence-corrected chi connectivity index (χ0v) is 22.8. The average Bonchev–Trinajstić information content (AvgIpc) is 3.20. The summed E-state index contributed by atoms with van der Waals surface area (Å²) in [7, 11) is 4.27. The number of halogens is 1. The molecule has 194 valence electrons. The van der Waals surface area contributed by atoms with Crippen molar-refractivity contribution < 1.29 is 4.52 Å². The van der Waals surface area contributed by atoms with Crippen molar-refractivity contribution in [1.82, 2.24) is 20.0 Å². The molecule has 1 aliphatic heterocycles. The predicted molar refractivity (Wildman–Crippen MR) is 151 cm³/mol. The Morgan fingerprint density at radius 3 is 2.57 bits per heavy atom. The second-order valence-corrected chi connectivity index (χ2v) is 10.9. The molecule has 1 saturated heterocycles. The van der Waals surface area contributed by atoms with E-state index in [4.69, 9.17) is 31.8 Å². The largest absolute Gasteiger partial charge is 0.383 e. The second kappa shape index (κ2) is 10.7. The molecule has 1 aliphatic rings. The van der Waals surface area contributed by atoms with Crippen LogP contribution in [0.25, 0.3) is 22.0 Å². The highest BCUT2D eigenvalue weighted by Crippen LogP contribution is 2.38. The maximum Gasteiger partial charge on any atom is 0.227 e. The average molecular weight is 519 g/mol. The number of nitrogens with zero attached hydrogens (tertiary/aromatic N) is 5. The Kier molecular flexibility index (Phi) is 7.36. The van der Waals surface area contributed by atoms with Gasteiger partial charge in [-0.3, -0.25) is 0 Å². The molecule has 2 aromatic heterocycles. The molecule has 5 rings (SSSR count). The molecule has 1 fully saturated rings. The van der Waals surface area contributed by atoms with Gasteiger partial charge in [-0.15, -0.1) is 0 Å². The van der Waals surface area contributed by atoms with E-state index in [9.17, 15) is 0 Å². The molecule has 0 saturated carbocycles. The van der Waals surface area contributed by atoms with Gasteiger partial charge >= 0.3 is 0 Å². The number of anilines is 2. The number of piperidine rings is 1. The van der Waals surface area contributed by atoms with Crippen LogP contribution in [0.4, 0.5) is 11.8 Å². The Balaban J connectivity index is 1.53. The summed E-state index contributed by atoms with van der Waals surface area (Å²) in [5.41, 5.74) is 12.6. The number of rotatable bonds is 7. The number of nitrogens with two attached hydrogens (primary N) is 1. The smallest absolute Gasteiger partial charge is 0.227 e. The van der Waals surface area contributed by atoms with Gasteiger partial charge in [0.2, 0.25) is 5.95 Å². The summed E-state index contributed by atoms with van der Waals surface area (Å²) in [5.74, 6) is 2.74. The topological polar surface area (TPSA) is 84.3 Å². The van der Waals surface area contributed by atoms with Crippen LogP contribution in [0.1, 0.15) is 41.8 Å². The van der Waals surface area contributed by atoms with E-state index in [1.807, 2.05) is 38.1 Å². The van der Waals surface area contributed by atoms with Gasteiger partial charge < -0.3 is 20.1 Å². The van der Waals surface area contributed by atoms with Crippen molar-refractivity contribution in [3.8, 4) is 11.1 Å². The van der Waals surface area contributed by atoms with Gasteiger partial charge in [-0.25, -0.2) is 4.98 Å². The second-order valence-electron chi connectivity index (χ2n) is 10.4. The van der Waals surface area contributed by atoms with E-state index in [0.29, 0.717) is 17.3 Å². The van der Waals surface area contributed by atoms with Crippen molar-refractivity contribution in [2.24, 2.45) is 5.92 Å². The fourth-order valence-corrected chi connectivity index (χ4v) is 5.66. The maximum atomic E-state index is 6.71. The van der Waals surface area contributed by atoms with Crippen molar-refractivity contribution >= 4 is 34.3 Å². The lowest BCUT2D eigenvalue weighted by Gasteiger charge is -2.32. The summed E-state index contributed by atoms with van der Waals surface area (Å²) in [5, 5.41) is 5.78. The Morgan fingerprint density at radius 2 is 1.89 bits per heavy atom. The van der Waals surface area contributed by atoms with Gasteiger partial charge in [0.1, 0.15) is 11.6 Å². The van der Waals surface area contributed by atoms with E-state index < -0.39 is 0 Å². The summed E-state index contributed by atoms with van der Waals surface area (Å²) < 4.78 is 5.51. The quantitative estimate of drug-likeness (QED) is 0.326. The highest BCUT2D eigenvalue weighted by atomic mass is 35.5. The summed E-state index contributed by atoms with van der Waals surface area (Å²) in [6, 6.07) is 12.1. The van der Waals surface area contributed by atoms with Gasteiger partial charge in [-0.05, 0) is 101 Å². The van der Waals surface area contributed by atoms with Crippen molar-refractivity contribution in [3.63, 3.8) is 0 Å². The van der Waals surface area contributed by atoms with Crippen molar-refractivity contribution in [1.29, 1.82) is 0 Å². The van der Waals surface area contributed by atoms with Gasteiger partial charge in [0, 0.05) is 29.1 Å². The first-order chi connectivity index (χ1) is 17.8. The molecule has 2 N–H and O–H groups in total. The minimum atomic E-state index is 0.500. The molecule has 4 aromatic rings. The van der Waals surface area contributed by atoms with E-state index >= 15 is 0 Å². The molecule has 2 aromatic carbocycles. The summed E-state index contributed by atoms with van der Waals surface area (Å²) in [4.78, 5) is 14.4. The molecule has 0 radical (unpaired) electrons. The number of hydrogen-bond donors (Lipinski definition) is 1. The number of fused-ring (bicyclic) bond motifs is 1. The van der Waals surface area contributed by atoms with E-state index in [1.165, 1.54) is 6.42 Å². The number of hydrogen-bond acceptors (Lipinski definition) is 7. The van der Waals surface area contributed by atoms with Crippen molar-refractivity contribution in [2.45, 2.75) is 39.5 Å². The minimum absolute atomic E-state index is 0.500. The Hall–Kier alpha value is -3.16. The first kappa shape index (κ1) is 25.5. The van der Waals surface area contributed by atoms with E-state index in [-0.39, 0.29) is 0 Å².